The summed E-state index contributed by atoms with van der Waals surface area (Å²) < 4.78 is 32.4. The van der Waals surface area contributed by atoms with Gasteiger partial charge < -0.3 is 10.1 Å². The summed E-state index contributed by atoms with van der Waals surface area (Å²) in [5.41, 5.74) is 1.43. The smallest absolute Gasteiger partial charge is 0.261 e. The highest BCUT2D eigenvalue weighted by molar-refractivity contribution is 5.03. The molecule has 0 bridgehead atoms. The Morgan fingerprint density at radius 3 is 2.87 bits per heavy atom. The van der Waals surface area contributed by atoms with Gasteiger partial charge >= 0.3 is 0 Å². The average molecular weight is 221 g/mol. The zero-order chi connectivity index (χ0) is 11.1. The molecule has 0 aliphatic heterocycles. The fourth-order valence-electron chi connectivity index (χ4n) is 0.933. The number of nitrogens with zero attached hydrogens (tertiary/aromatic N) is 2. The van der Waals surface area contributed by atoms with Gasteiger partial charge in [0.05, 0.1) is 6.61 Å². The maximum absolute atomic E-state index is 11.6. The highest BCUT2D eigenvalue weighted by Crippen LogP contribution is 1.98. The lowest BCUT2D eigenvalue weighted by molar-refractivity contribution is 0.0187. The van der Waals surface area contributed by atoms with Gasteiger partial charge in [-0.2, -0.15) is 0 Å². The Kier molecular flexibility index (Phi) is 5.13. The number of hydrogen-bond acceptors (Lipinski definition) is 5. The number of halogens is 2. The molecule has 0 radical (unpaired) electrons. The van der Waals surface area contributed by atoms with Gasteiger partial charge in [-0.1, -0.05) is 10.3 Å². The van der Waals surface area contributed by atoms with Gasteiger partial charge in [-0.25, -0.2) is 13.4 Å². The predicted molar refractivity (Wildman–Crippen MR) is 47.6 cm³/mol. The Morgan fingerprint density at radius 2 is 2.27 bits per heavy atom. The van der Waals surface area contributed by atoms with Crippen molar-refractivity contribution in [1.29, 1.82) is 0 Å². The van der Waals surface area contributed by atoms with Crippen LogP contribution in [0.2, 0.25) is 0 Å². The molecule has 0 saturated heterocycles. The molecule has 1 N–H and O–H groups in total. The van der Waals surface area contributed by atoms with Crippen LogP contribution in [0.5, 0.6) is 0 Å². The van der Waals surface area contributed by atoms with Gasteiger partial charge in [0.25, 0.3) is 6.43 Å². The molecule has 0 amide bonds. The number of nitrogens with one attached hydrogen (secondary N) is 1. The molecule has 0 unspecified atom stereocenters. The molecule has 1 aromatic rings. The van der Waals surface area contributed by atoms with E-state index in [0.29, 0.717) is 18.8 Å². The topological polar surface area (TPSA) is 60.2 Å². The Hall–Kier alpha value is -1.08. The zero-order valence-electron chi connectivity index (χ0n) is 8.37. The first-order valence-electron chi connectivity index (χ1n) is 4.55. The van der Waals surface area contributed by atoms with Crippen LogP contribution in [0, 0.1) is 6.92 Å². The molecule has 86 valence electrons. The zero-order valence-corrected chi connectivity index (χ0v) is 8.37. The summed E-state index contributed by atoms with van der Waals surface area (Å²) >= 11 is 0. The quantitative estimate of drug-likeness (QED) is 0.688. The lowest BCUT2D eigenvalue weighted by Gasteiger charge is -2.03. The molecular weight excluding hydrogens is 208 g/mol. The van der Waals surface area contributed by atoms with Crippen molar-refractivity contribution in [2.75, 3.05) is 19.8 Å². The number of rotatable bonds is 7. The molecule has 15 heavy (non-hydrogen) atoms. The SMILES string of the molecule is Cc1nonc1CNCCOCC(F)F. The Balaban J connectivity index is 2.00. The highest BCUT2D eigenvalue weighted by Gasteiger charge is 2.04. The van der Waals surface area contributed by atoms with Crippen LogP contribution < -0.4 is 5.32 Å². The van der Waals surface area contributed by atoms with E-state index in [1.807, 2.05) is 0 Å². The maximum atomic E-state index is 11.6. The van der Waals surface area contributed by atoms with Crippen molar-refractivity contribution in [3.63, 3.8) is 0 Å². The fourth-order valence-corrected chi connectivity index (χ4v) is 0.933. The summed E-state index contributed by atoms with van der Waals surface area (Å²) in [6.45, 7) is 2.48. The van der Waals surface area contributed by atoms with Crippen LogP contribution in [0.25, 0.3) is 0 Å². The van der Waals surface area contributed by atoms with Gasteiger partial charge in [-0.3, -0.25) is 0 Å². The lowest BCUT2D eigenvalue weighted by atomic mass is 10.3. The molecule has 7 heteroatoms. The van der Waals surface area contributed by atoms with Crippen molar-refractivity contribution >= 4 is 0 Å². The molecule has 0 saturated carbocycles. The van der Waals surface area contributed by atoms with E-state index in [0.717, 1.165) is 5.69 Å². The highest BCUT2D eigenvalue weighted by atomic mass is 19.3. The predicted octanol–water partition coefficient (Wildman–Crippen LogP) is 0.749. The normalized spacial score (nSPS) is 11.2. The fraction of sp³-hybridized carbons (Fsp3) is 0.750. The van der Waals surface area contributed by atoms with E-state index in [1.165, 1.54) is 0 Å². The van der Waals surface area contributed by atoms with Crippen molar-refractivity contribution in [2.45, 2.75) is 19.9 Å². The van der Waals surface area contributed by atoms with Gasteiger partial charge in [0, 0.05) is 13.1 Å². The number of ether oxygens (including phenoxy) is 1. The van der Waals surface area contributed by atoms with Gasteiger partial charge in [0.1, 0.15) is 18.0 Å². The molecule has 0 fully saturated rings. The number of alkyl halides is 2. The van der Waals surface area contributed by atoms with E-state index < -0.39 is 13.0 Å². The molecule has 5 nitrogen and oxygen atoms in total. The van der Waals surface area contributed by atoms with Crippen molar-refractivity contribution in [2.24, 2.45) is 0 Å². The van der Waals surface area contributed by atoms with Crippen molar-refractivity contribution in [1.82, 2.24) is 15.6 Å². The average Bonchev–Trinajstić information content (AvgIpc) is 2.57. The summed E-state index contributed by atoms with van der Waals surface area (Å²) in [7, 11) is 0. The number of aryl methyl sites for hydroxylation is 1. The van der Waals surface area contributed by atoms with E-state index in [1.54, 1.807) is 6.92 Å². The van der Waals surface area contributed by atoms with E-state index in [-0.39, 0.29) is 6.61 Å². The second-order valence-corrected chi connectivity index (χ2v) is 2.94. The minimum Gasteiger partial charge on any atom is -0.374 e. The van der Waals surface area contributed by atoms with E-state index in [4.69, 9.17) is 0 Å². The Labute approximate surface area is 85.8 Å². The summed E-state index contributed by atoms with van der Waals surface area (Å²) in [6, 6.07) is 0. The van der Waals surface area contributed by atoms with Gasteiger partial charge in [0.15, 0.2) is 0 Å². The van der Waals surface area contributed by atoms with E-state index in [9.17, 15) is 8.78 Å². The maximum Gasteiger partial charge on any atom is 0.261 e. The standard InChI is InChI=1S/C8H13F2N3O2/c1-6-7(13-15-12-6)4-11-2-3-14-5-8(9)10/h8,11H,2-5H2,1H3. The second kappa shape index (κ2) is 6.41. The van der Waals surface area contributed by atoms with Crippen molar-refractivity contribution in [3.05, 3.63) is 11.4 Å². The first-order valence-corrected chi connectivity index (χ1v) is 4.55. The Bertz CT molecular complexity index is 281. The minimum atomic E-state index is -2.41. The number of aromatic nitrogens is 2. The van der Waals surface area contributed by atoms with Crippen LogP contribution in [0.15, 0.2) is 4.63 Å². The Morgan fingerprint density at radius 1 is 1.47 bits per heavy atom. The third-order valence-corrected chi connectivity index (χ3v) is 1.71. The molecule has 1 aromatic heterocycles. The summed E-state index contributed by atoms with van der Waals surface area (Å²) in [6.07, 6.45) is -2.41. The van der Waals surface area contributed by atoms with Gasteiger partial charge in [-0.15, -0.1) is 0 Å². The largest absolute Gasteiger partial charge is 0.374 e. The van der Waals surface area contributed by atoms with Crippen molar-refractivity contribution in [3.8, 4) is 0 Å². The monoisotopic (exact) mass is 221 g/mol. The first-order chi connectivity index (χ1) is 7.20. The van der Waals surface area contributed by atoms with Crippen LogP contribution >= 0.6 is 0 Å². The minimum absolute atomic E-state index is 0.245. The molecule has 0 aromatic carbocycles. The van der Waals surface area contributed by atoms with Crippen LogP contribution in [0.4, 0.5) is 8.78 Å². The van der Waals surface area contributed by atoms with Gasteiger partial charge in [0.2, 0.25) is 0 Å². The molecule has 1 heterocycles. The van der Waals surface area contributed by atoms with Crippen LogP contribution in [-0.4, -0.2) is 36.5 Å². The van der Waals surface area contributed by atoms with E-state index in [2.05, 4.69) is 25.0 Å². The van der Waals surface area contributed by atoms with Gasteiger partial charge in [-0.05, 0) is 6.92 Å². The molecule has 1 rings (SSSR count). The van der Waals surface area contributed by atoms with Crippen LogP contribution in [0.1, 0.15) is 11.4 Å². The molecule has 0 aliphatic carbocycles. The lowest BCUT2D eigenvalue weighted by Crippen LogP contribution is -2.21. The second-order valence-electron chi connectivity index (χ2n) is 2.94. The third kappa shape index (κ3) is 4.80. The number of hydrogen-bond donors (Lipinski definition) is 1. The summed E-state index contributed by atoms with van der Waals surface area (Å²) in [5, 5.41) is 10.2. The molecular formula is C8H13F2N3O2. The summed E-state index contributed by atoms with van der Waals surface area (Å²) in [4.78, 5) is 0. The summed E-state index contributed by atoms with van der Waals surface area (Å²) in [5.74, 6) is 0. The van der Waals surface area contributed by atoms with Crippen molar-refractivity contribution < 1.29 is 18.1 Å². The molecule has 0 spiro atoms. The molecule has 0 aliphatic rings. The molecule has 0 atom stereocenters. The van der Waals surface area contributed by atoms with Crippen LogP contribution in [-0.2, 0) is 11.3 Å². The van der Waals surface area contributed by atoms with E-state index >= 15 is 0 Å². The first kappa shape index (κ1) is 12.0. The van der Waals surface area contributed by atoms with Crippen LogP contribution in [0.3, 0.4) is 0 Å². The third-order valence-electron chi connectivity index (χ3n) is 1.71.